The number of aryl methyl sites for hydroxylation is 1. The van der Waals surface area contributed by atoms with Gasteiger partial charge < -0.3 is 25.3 Å². The zero-order valence-corrected chi connectivity index (χ0v) is 24.6. The highest BCUT2D eigenvalue weighted by atomic mass is 16.3. The van der Waals surface area contributed by atoms with E-state index >= 15 is 0 Å². The van der Waals surface area contributed by atoms with Gasteiger partial charge in [-0.15, -0.1) is 0 Å². The van der Waals surface area contributed by atoms with Crippen molar-refractivity contribution in [1.82, 2.24) is 9.72 Å². The van der Waals surface area contributed by atoms with Crippen LogP contribution in [-0.2, 0) is 13.6 Å². The lowest BCUT2D eigenvalue weighted by Gasteiger charge is -2.11. The van der Waals surface area contributed by atoms with Crippen LogP contribution in [0.1, 0.15) is 33.0 Å². The summed E-state index contributed by atoms with van der Waals surface area (Å²) in [6, 6.07) is 18.6. The lowest BCUT2D eigenvalue weighted by Crippen LogP contribution is -2.47. The largest absolute Gasteiger partial charge is 0.394 e. The number of rotatable bonds is 10. The quantitative estimate of drug-likeness (QED) is 0.261. The van der Waals surface area contributed by atoms with Gasteiger partial charge in [-0.2, -0.15) is 4.40 Å². The molecule has 2 heterocycles. The van der Waals surface area contributed by atoms with Crippen LogP contribution in [-0.4, -0.2) is 68.5 Å². The van der Waals surface area contributed by atoms with Gasteiger partial charge in [0.1, 0.15) is 24.0 Å². The van der Waals surface area contributed by atoms with E-state index in [0.717, 1.165) is 33.9 Å². The summed E-state index contributed by atoms with van der Waals surface area (Å²) in [5.74, 6) is -0.289. The molecule has 214 valence electrons. The van der Waals surface area contributed by atoms with Gasteiger partial charge in [-0.1, -0.05) is 36.4 Å². The summed E-state index contributed by atoms with van der Waals surface area (Å²) in [4.78, 5) is 17.3. The lowest BCUT2D eigenvalue weighted by molar-refractivity contribution is -0.708. The maximum Gasteiger partial charge on any atom is 0.343 e. The molecule has 1 atom stereocenters. The summed E-state index contributed by atoms with van der Waals surface area (Å²) in [7, 11) is 11.5. The van der Waals surface area contributed by atoms with Crippen LogP contribution < -0.4 is 24.3 Å². The normalized spacial score (nSPS) is 12.4. The van der Waals surface area contributed by atoms with Crippen LogP contribution in [0.3, 0.4) is 0 Å². The van der Waals surface area contributed by atoms with Gasteiger partial charge in [0.25, 0.3) is 17.9 Å². The number of nitrogens with zero attached hydrogens (tertiary/aromatic N) is 5. The molecule has 0 bridgehead atoms. The summed E-state index contributed by atoms with van der Waals surface area (Å²) in [6.07, 6.45) is 8.91. The minimum Gasteiger partial charge on any atom is -0.394 e. The third-order valence-electron chi connectivity index (χ3n) is 7.03. The minimum absolute atomic E-state index is 0.0689. The van der Waals surface area contributed by atoms with Crippen LogP contribution in [0.5, 0.6) is 0 Å². The van der Waals surface area contributed by atoms with E-state index in [4.69, 9.17) is 0 Å². The number of carbonyl (C=O) groups excluding carboxylic acids is 1. The predicted octanol–water partition coefficient (Wildman–Crippen LogP) is 2.24. The van der Waals surface area contributed by atoms with Gasteiger partial charge in [-0.25, -0.2) is 9.13 Å². The Morgan fingerprint density at radius 3 is 1.95 bits per heavy atom. The number of aliphatic hydroxyl groups excluding tert-OH is 2. The van der Waals surface area contributed by atoms with Crippen LogP contribution in [0.4, 0.5) is 11.4 Å². The van der Waals surface area contributed by atoms with Crippen molar-refractivity contribution in [3.8, 4) is 0 Å². The van der Waals surface area contributed by atoms with Gasteiger partial charge in [0, 0.05) is 52.7 Å². The molecule has 0 aliphatic carbocycles. The zero-order chi connectivity index (χ0) is 29.7. The highest BCUT2D eigenvalue weighted by molar-refractivity contribution is 5.95. The number of benzene rings is 2. The number of aliphatic hydroxyl groups is 2. The SMILES string of the molecule is CNC(=O)c1c2n(c[n+]1CC(O)CO)c(/C=C/c1ccc(N(C)C)cc1)cc(/C=C/c1ccc(N(C)C)cc1)[n+]2C. The Balaban J connectivity index is 1.87. The molecule has 4 aromatic rings. The molecule has 4 rings (SSSR count). The van der Waals surface area contributed by atoms with E-state index in [-0.39, 0.29) is 12.5 Å². The van der Waals surface area contributed by atoms with E-state index in [2.05, 4.69) is 69.7 Å². The molecule has 0 saturated carbocycles. The lowest BCUT2D eigenvalue weighted by atomic mass is 10.1. The minimum atomic E-state index is -1.01. The monoisotopic (exact) mass is 556 g/mol. The fraction of sp³-hybridized carbons (Fsp3) is 0.281. The van der Waals surface area contributed by atoms with Crippen LogP contribution in [0.25, 0.3) is 30.0 Å². The number of aromatic nitrogens is 3. The molecule has 0 fully saturated rings. The molecular weight excluding hydrogens is 516 g/mol. The number of hydrogen-bond acceptors (Lipinski definition) is 5. The number of amides is 1. The van der Waals surface area contributed by atoms with Gasteiger partial charge in [0.2, 0.25) is 0 Å². The maximum atomic E-state index is 13.1. The Morgan fingerprint density at radius 1 is 0.927 bits per heavy atom. The summed E-state index contributed by atoms with van der Waals surface area (Å²) in [5.41, 5.74) is 7.11. The summed E-state index contributed by atoms with van der Waals surface area (Å²) in [5, 5.41) is 22.5. The van der Waals surface area contributed by atoms with Crippen molar-refractivity contribution in [3.05, 3.63) is 89.1 Å². The molecule has 0 aliphatic heterocycles. The first-order valence-corrected chi connectivity index (χ1v) is 13.5. The van der Waals surface area contributed by atoms with Gasteiger partial charge in [-0.3, -0.25) is 4.79 Å². The fourth-order valence-corrected chi connectivity index (χ4v) is 4.64. The van der Waals surface area contributed by atoms with Crippen LogP contribution in [0.15, 0.2) is 60.9 Å². The smallest absolute Gasteiger partial charge is 0.343 e. The van der Waals surface area contributed by atoms with E-state index in [9.17, 15) is 15.0 Å². The summed E-state index contributed by atoms with van der Waals surface area (Å²) in [6.45, 7) is -0.339. The third-order valence-corrected chi connectivity index (χ3v) is 7.03. The number of fused-ring (bicyclic) bond motifs is 1. The predicted molar refractivity (Wildman–Crippen MR) is 165 cm³/mol. The Hall–Kier alpha value is -4.47. The van der Waals surface area contributed by atoms with E-state index in [1.165, 1.54) is 0 Å². The number of anilines is 2. The molecule has 1 amide bonds. The van der Waals surface area contributed by atoms with Crippen LogP contribution in [0, 0.1) is 0 Å². The van der Waals surface area contributed by atoms with Gasteiger partial charge in [0.05, 0.1) is 13.7 Å². The van der Waals surface area contributed by atoms with E-state index in [1.54, 1.807) is 17.9 Å². The first kappa shape index (κ1) is 29.5. The first-order valence-electron chi connectivity index (χ1n) is 13.5. The summed E-state index contributed by atoms with van der Waals surface area (Å²) < 4.78 is 5.58. The van der Waals surface area contributed by atoms with Gasteiger partial charge in [-0.05, 0) is 47.5 Å². The standard InChI is InChI=1S/C32H39N6O3/c1-33-31(41)30-32-36(6)27(17-11-23-7-13-25(14-8-23)34(2)3)19-28(38(32)22-37(30)20-29(40)21-39)18-12-24-9-15-26(16-10-24)35(4)5/h7-19,22,29,39-40H,20-21H2,1-6H3/q+1/p+1. The second-order valence-electron chi connectivity index (χ2n) is 10.4. The molecule has 9 heteroatoms. The number of hydrogen-bond donors (Lipinski definition) is 3. The molecule has 0 spiro atoms. The average molecular weight is 557 g/mol. The molecule has 0 radical (unpaired) electrons. The molecule has 0 aliphatic rings. The average Bonchev–Trinajstić information content (AvgIpc) is 3.35. The third kappa shape index (κ3) is 6.65. The number of imidazole rings is 1. The van der Waals surface area contributed by atoms with Crippen molar-refractivity contribution in [2.75, 3.05) is 51.6 Å². The van der Waals surface area contributed by atoms with Crippen LogP contribution >= 0.6 is 0 Å². The maximum absolute atomic E-state index is 13.1. The Bertz CT molecular complexity index is 1570. The fourth-order valence-electron chi connectivity index (χ4n) is 4.64. The Kier molecular flexibility index (Phi) is 9.21. The van der Waals surface area contributed by atoms with Crippen molar-refractivity contribution >= 4 is 47.2 Å². The molecule has 0 saturated heterocycles. The van der Waals surface area contributed by atoms with Gasteiger partial charge >= 0.3 is 5.65 Å². The highest BCUT2D eigenvalue weighted by Crippen LogP contribution is 2.18. The van der Waals surface area contributed by atoms with E-state index in [1.807, 2.05) is 68.5 Å². The second kappa shape index (κ2) is 12.8. The molecule has 41 heavy (non-hydrogen) atoms. The molecule has 9 nitrogen and oxygen atoms in total. The topological polar surface area (TPSA) is 88.2 Å². The van der Waals surface area contributed by atoms with Crippen molar-refractivity contribution in [1.29, 1.82) is 0 Å². The summed E-state index contributed by atoms with van der Waals surface area (Å²) >= 11 is 0. The van der Waals surface area contributed by atoms with Crippen LogP contribution in [0.2, 0.25) is 0 Å². The van der Waals surface area contributed by atoms with Gasteiger partial charge in [0.15, 0.2) is 0 Å². The van der Waals surface area contributed by atoms with E-state index in [0.29, 0.717) is 11.3 Å². The van der Waals surface area contributed by atoms with Crippen molar-refractivity contribution in [2.45, 2.75) is 12.6 Å². The Labute approximate surface area is 241 Å². The first-order chi connectivity index (χ1) is 19.6. The molecule has 1 unspecified atom stereocenters. The Morgan fingerprint density at radius 2 is 1.46 bits per heavy atom. The number of nitrogens with one attached hydrogen (secondary N) is 1. The molecule has 2 aromatic carbocycles. The van der Waals surface area contributed by atoms with Crippen molar-refractivity contribution < 1.29 is 24.1 Å². The molecular formula is C32H40N6O3+2. The molecule has 3 N–H and O–H groups in total. The molecule has 2 aromatic heterocycles. The zero-order valence-electron chi connectivity index (χ0n) is 24.6. The number of carbonyl (C=O) groups is 1. The van der Waals surface area contributed by atoms with Crippen molar-refractivity contribution in [2.24, 2.45) is 7.05 Å². The highest BCUT2D eigenvalue weighted by Gasteiger charge is 2.32. The van der Waals surface area contributed by atoms with Crippen molar-refractivity contribution in [3.63, 3.8) is 0 Å². The van der Waals surface area contributed by atoms with E-state index < -0.39 is 12.7 Å². The second-order valence-corrected chi connectivity index (χ2v) is 10.4.